The van der Waals surface area contributed by atoms with Crippen LogP contribution in [0.5, 0.6) is 0 Å². The fraction of sp³-hybridized carbons (Fsp3) is 0. The van der Waals surface area contributed by atoms with Gasteiger partial charge in [-0.05, 0) is 24.3 Å². The van der Waals surface area contributed by atoms with Crippen molar-refractivity contribution < 1.29 is 4.42 Å². The summed E-state index contributed by atoms with van der Waals surface area (Å²) < 4.78 is 5.74. The molecule has 100 valence electrons. The number of rotatable bonds is 2. The zero-order valence-corrected chi connectivity index (χ0v) is 11.1. The Balaban J connectivity index is 1.77. The molecular formula is C17H11N3O. The molecule has 0 spiro atoms. The van der Waals surface area contributed by atoms with Crippen LogP contribution < -0.4 is 0 Å². The maximum atomic E-state index is 5.74. The molecule has 2 aromatic heterocycles. The Bertz CT molecular complexity index is 900. The molecule has 0 aliphatic heterocycles. The second-order valence-corrected chi connectivity index (χ2v) is 4.70. The molecule has 0 saturated heterocycles. The first-order valence-corrected chi connectivity index (χ1v) is 6.64. The van der Waals surface area contributed by atoms with Crippen molar-refractivity contribution in [3.05, 3.63) is 66.9 Å². The number of aromatic nitrogens is 3. The van der Waals surface area contributed by atoms with Gasteiger partial charge in [0.1, 0.15) is 0 Å². The zero-order valence-electron chi connectivity index (χ0n) is 11.1. The molecule has 4 rings (SSSR count). The van der Waals surface area contributed by atoms with Crippen LogP contribution in [0, 0.1) is 0 Å². The van der Waals surface area contributed by atoms with Gasteiger partial charge >= 0.3 is 0 Å². The molecule has 0 N–H and O–H groups in total. The summed E-state index contributed by atoms with van der Waals surface area (Å²) in [5.74, 6) is 0.992. The maximum Gasteiger partial charge on any atom is 0.249 e. The largest absolute Gasteiger partial charge is 0.416 e. The third-order valence-corrected chi connectivity index (χ3v) is 3.28. The van der Waals surface area contributed by atoms with Gasteiger partial charge in [-0.3, -0.25) is 4.98 Å². The highest BCUT2D eigenvalue weighted by Gasteiger charge is 2.10. The van der Waals surface area contributed by atoms with Crippen molar-refractivity contribution in [2.75, 3.05) is 0 Å². The number of fused-ring (bicyclic) bond motifs is 1. The van der Waals surface area contributed by atoms with Crippen LogP contribution in [-0.2, 0) is 0 Å². The fourth-order valence-electron chi connectivity index (χ4n) is 2.23. The van der Waals surface area contributed by atoms with Gasteiger partial charge in [0.15, 0.2) is 0 Å². The Hall–Kier alpha value is -3.01. The van der Waals surface area contributed by atoms with Crippen LogP contribution in [0.2, 0.25) is 0 Å². The van der Waals surface area contributed by atoms with E-state index in [1.807, 2.05) is 60.7 Å². The van der Waals surface area contributed by atoms with E-state index in [4.69, 9.17) is 4.42 Å². The third kappa shape index (κ3) is 2.17. The van der Waals surface area contributed by atoms with E-state index in [9.17, 15) is 0 Å². The monoisotopic (exact) mass is 273 g/mol. The first-order valence-electron chi connectivity index (χ1n) is 6.64. The third-order valence-electron chi connectivity index (χ3n) is 3.28. The summed E-state index contributed by atoms with van der Waals surface area (Å²) in [5.41, 5.74) is 2.68. The Morgan fingerprint density at radius 1 is 0.714 bits per heavy atom. The average Bonchev–Trinajstić information content (AvgIpc) is 3.05. The molecule has 0 fully saturated rings. The van der Waals surface area contributed by atoms with E-state index in [0.29, 0.717) is 11.8 Å². The van der Waals surface area contributed by atoms with E-state index < -0.39 is 0 Å². The first kappa shape index (κ1) is 11.8. The van der Waals surface area contributed by atoms with Gasteiger partial charge < -0.3 is 4.42 Å². The van der Waals surface area contributed by atoms with Gasteiger partial charge in [-0.25, -0.2) is 0 Å². The van der Waals surface area contributed by atoms with Gasteiger partial charge in [0, 0.05) is 17.1 Å². The molecule has 21 heavy (non-hydrogen) atoms. The summed E-state index contributed by atoms with van der Waals surface area (Å²) in [4.78, 5) is 4.41. The van der Waals surface area contributed by atoms with E-state index in [1.54, 1.807) is 6.20 Å². The molecular weight excluding hydrogens is 262 g/mol. The first-order chi connectivity index (χ1) is 10.4. The summed E-state index contributed by atoms with van der Waals surface area (Å²) in [7, 11) is 0. The van der Waals surface area contributed by atoms with Crippen molar-refractivity contribution in [3.8, 4) is 22.9 Å². The van der Waals surface area contributed by atoms with Gasteiger partial charge in [-0.2, -0.15) is 0 Å². The second kappa shape index (κ2) is 4.83. The van der Waals surface area contributed by atoms with Crippen LogP contribution in [0.15, 0.2) is 71.3 Å². The molecule has 4 heteroatoms. The van der Waals surface area contributed by atoms with Gasteiger partial charge in [0.2, 0.25) is 11.8 Å². The van der Waals surface area contributed by atoms with E-state index in [-0.39, 0.29) is 0 Å². The molecule has 0 amide bonds. The quantitative estimate of drug-likeness (QED) is 0.555. The van der Waals surface area contributed by atoms with Crippen LogP contribution in [-0.4, -0.2) is 15.2 Å². The minimum absolute atomic E-state index is 0.479. The number of benzene rings is 2. The number of para-hydroxylation sites is 1. The summed E-state index contributed by atoms with van der Waals surface area (Å²) >= 11 is 0. The number of nitrogens with zero attached hydrogens (tertiary/aromatic N) is 3. The summed E-state index contributed by atoms with van der Waals surface area (Å²) in [5, 5.41) is 9.26. The molecule has 2 aromatic carbocycles. The molecule has 4 nitrogen and oxygen atoms in total. The predicted octanol–water partition coefficient (Wildman–Crippen LogP) is 3.95. The number of pyridine rings is 1. The molecule has 0 bridgehead atoms. The highest BCUT2D eigenvalue weighted by molar-refractivity contribution is 5.82. The zero-order chi connectivity index (χ0) is 14.1. The average molecular weight is 273 g/mol. The van der Waals surface area contributed by atoms with Crippen LogP contribution in [0.4, 0.5) is 0 Å². The lowest BCUT2D eigenvalue weighted by Crippen LogP contribution is -1.82. The molecule has 0 atom stereocenters. The van der Waals surface area contributed by atoms with Crippen LogP contribution in [0.25, 0.3) is 33.8 Å². The Morgan fingerprint density at radius 3 is 2.29 bits per heavy atom. The van der Waals surface area contributed by atoms with Crippen molar-refractivity contribution in [3.63, 3.8) is 0 Å². The molecule has 0 radical (unpaired) electrons. The normalized spacial score (nSPS) is 10.9. The standard InChI is InChI=1S/C17H11N3O/c1-2-6-12(7-3-1)16-19-20-17(21-16)14-10-13-8-4-5-9-15(13)18-11-14/h1-11H. The Morgan fingerprint density at radius 2 is 1.43 bits per heavy atom. The predicted molar refractivity (Wildman–Crippen MR) is 80.5 cm³/mol. The van der Waals surface area contributed by atoms with Gasteiger partial charge in [0.25, 0.3) is 0 Å². The van der Waals surface area contributed by atoms with Gasteiger partial charge in [-0.1, -0.05) is 36.4 Å². The highest BCUT2D eigenvalue weighted by atomic mass is 16.4. The number of hydrogen-bond acceptors (Lipinski definition) is 4. The van der Waals surface area contributed by atoms with Crippen molar-refractivity contribution in [1.29, 1.82) is 0 Å². The lowest BCUT2D eigenvalue weighted by molar-refractivity contribution is 0.584. The fourth-order valence-corrected chi connectivity index (χ4v) is 2.23. The summed E-state index contributed by atoms with van der Waals surface area (Å²) in [6, 6.07) is 19.7. The van der Waals surface area contributed by atoms with Gasteiger partial charge in [0.05, 0.1) is 11.1 Å². The molecule has 0 aliphatic rings. The van der Waals surface area contributed by atoms with E-state index in [1.165, 1.54) is 0 Å². The molecule has 2 heterocycles. The topological polar surface area (TPSA) is 51.8 Å². The molecule has 0 unspecified atom stereocenters. The summed E-state index contributed by atoms with van der Waals surface area (Å²) in [6.07, 6.45) is 1.75. The van der Waals surface area contributed by atoms with E-state index in [2.05, 4.69) is 15.2 Å². The molecule has 4 aromatic rings. The van der Waals surface area contributed by atoms with Gasteiger partial charge in [-0.15, -0.1) is 10.2 Å². The molecule has 0 aliphatic carbocycles. The van der Waals surface area contributed by atoms with Crippen LogP contribution in [0.1, 0.15) is 0 Å². The summed E-state index contributed by atoms with van der Waals surface area (Å²) in [6.45, 7) is 0. The minimum Gasteiger partial charge on any atom is -0.416 e. The van der Waals surface area contributed by atoms with Crippen molar-refractivity contribution in [2.24, 2.45) is 0 Å². The van der Waals surface area contributed by atoms with E-state index >= 15 is 0 Å². The Kier molecular flexibility index (Phi) is 2.71. The lowest BCUT2D eigenvalue weighted by Gasteiger charge is -1.98. The van der Waals surface area contributed by atoms with Crippen molar-refractivity contribution in [1.82, 2.24) is 15.2 Å². The van der Waals surface area contributed by atoms with Crippen molar-refractivity contribution in [2.45, 2.75) is 0 Å². The minimum atomic E-state index is 0.479. The van der Waals surface area contributed by atoms with Crippen molar-refractivity contribution >= 4 is 10.9 Å². The lowest BCUT2D eigenvalue weighted by atomic mass is 10.1. The molecule has 0 saturated carbocycles. The SMILES string of the molecule is c1ccc(-c2nnc(-c3cnc4ccccc4c3)o2)cc1. The van der Waals surface area contributed by atoms with Crippen LogP contribution in [0.3, 0.4) is 0 Å². The second-order valence-electron chi connectivity index (χ2n) is 4.70. The number of hydrogen-bond donors (Lipinski definition) is 0. The van der Waals surface area contributed by atoms with Crippen LogP contribution >= 0.6 is 0 Å². The Labute approximate surface area is 121 Å². The smallest absolute Gasteiger partial charge is 0.249 e. The maximum absolute atomic E-state index is 5.74. The highest BCUT2D eigenvalue weighted by Crippen LogP contribution is 2.25. The van der Waals surface area contributed by atoms with E-state index in [0.717, 1.165) is 22.0 Å².